The molecule has 0 spiro atoms. The van der Waals surface area contributed by atoms with Gasteiger partial charge in [-0.2, -0.15) is 12.6 Å². The molecular weight excluding hydrogens is 148 g/mol. The van der Waals surface area contributed by atoms with Gasteiger partial charge in [-0.05, 0) is 12.3 Å². The van der Waals surface area contributed by atoms with Crippen LogP contribution in [0.3, 0.4) is 0 Å². The number of rotatable bonds is 4. The van der Waals surface area contributed by atoms with Crippen LogP contribution in [0.4, 0.5) is 0 Å². The first-order chi connectivity index (χ1) is 4.41. The van der Waals surface area contributed by atoms with E-state index in [9.17, 15) is 0 Å². The van der Waals surface area contributed by atoms with Gasteiger partial charge in [0.05, 0.1) is 0 Å². The summed E-state index contributed by atoms with van der Waals surface area (Å²) in [5.74, 6) is 1.91. The largest absolute Gasteiger partial charge is 0.175 e. The lowest BCUT2D eigenvalue weighted by molar-refractivity contribution is 1.66. The Morgan fingerprint density at radius 3 is 2.78 bits per heavy atom. The summed E-state index contributed by atoms with van der Waals surface area (Å²) in [4.78, 5) is 0. The fourth-order valence-corrected chi connectivity index (χ4v) is 1.21. The lowest BCUT2D eigenvalue weighted by atomic mass is 10.6. The molecule has 0 unspecified atom stereocenters. The highest BCUT2D eigenvalue weighted by molar-refractivity contribution is 8.02. The lowest BCUT2D eigenvalue weighted by Gasteiger charge is -1.83. The third-order valence-electron chi connectivity index (χ3n) is 0.726. The molecule has 0 aliphatic heterocycles. The second kappa shape index (κ2) is 8.18. The van der Waals surface area contributed by atoms with Crippen LogP contribution in [0.25, 0.3) is 0 Å². The summed E-state index contributed by atoms with van der Waals surface area (Å²) in [5.41, 5.74) is 0. The van der Waals surface area contributed by atoms with Crippen molar-refractivity contribution in [3.63, 3.8) is 0 Å². The second-order valence-corrected chi connectivity index (χ2v) is 2.76. The van der Waals surface area contributed by atoms with Crippen LogP contribution in [0.5, 0.6) is 0 Å². The first-order valence-corrected chi connectivity index (χ1v) is 4.58. The number of allylic oxidation sites excluding steroid dienone is 1. The fraction of sp³-hybridized carbons (Fsp3) is 0.429. The third kappa shape index (κ3) is 8.18. The van der Waals surface area contributed by atoms with Crippen molar-refractivity contribution < 1.29 is 0 Å². The molecule has 0 saturated carbocycles. The zero-order valence-electron chi connectivity index (χ0n) is 5.58. The van der Waals surface area contributed by atoms with Gasteiger partial charge in [-0.1, -0.05) is 18.2 Å². The average Bonchev–Trinajstić information content (AvgIpc) is 1.89. The molecule has 0 nitrogen and oxygen atoms in total. The maximum atomic E-state index is 4.03. The van der Waals surface area contributed by atoms with E-state index in [1.54, 1.807) is 11.8 Å². The summed E-state index contributed by atoms with van der Waals surface area (Å²) < 4.78 is 0. The van der Waals surface area contributed by atoms with Crippen molar-refractivity contribution >= 4 is 24.4 Å². The summed E-state index contributed by atoms with van der Waals surface area (Å²) in [6.07, 6.45) is 6.23. The van der Waals surface area contributed by atoms with Crippen LogP contribution in [0.1, 0.15) is 6.92 Å². The maximum absolute atomic E-state index is 4.03. The molecule has 0 saturated heterocycles. The van der Waals surface area contributed by atoms with Crippen molar-refractivity contribution in [2.45, 2.75) is 6.92 Å². The summed E-state index contributed by atoms with van der Waals surface area (Å²) in [7, 11) is 0. The van der Waals surface area contributed by atoms with Crippen molar-refractivity contribution in [1.29, 1.82) is 0 Å². The van der Waals surface area contributed by atoms with E-state index < -0.39 is 0 Å². The minimum absolute atomic E-state index is 0.836. The Hall–Kier alpha value is 0.180. The van der Waals surface area contributed by atoms with Crippen LogP contribution in [0.2, 0.25) is 0 Å². The topological polar surface area (TPSA) is 0 Å². The molecule has 0 aromatic heterocycles. The molecule has 0 radical (unpaired) electrons. The Morgan fingerprint density at radius 2 is 2.22 bits per heavy atom. The Kier molecular flexibility index (Phi) is 8.34. The molecule has 0 aromatic rings. The van der Waals surface area contributed by atoms with Gasteiger partial charge in [-0.3, -0.25) is 0 Å². The Bertz CT molecular complexity index is 95.1. The summed E-state index contributed by atoms with van der Waals surface area (Å²) in [6, 6.07) is 0. The number of hydrogen-bond donors (Lipinski definition) is 1. The van der Waals surface area contributed by atoms with Gasteiger partial charge in [0.1, 0.15) is 0 Å². The molecule has 0 amide bonds. The summed E-state index contributed by atoms with van der Waals surface area (Å²) in [6.45, 7) is 2.03. The molecule has 9 heavy (non-hydrogen) atoms. The predicted molar refractivity (Wildman–Crippen MR) is 50.3 cm³/mol. The smallest absolute Gasteiger partial charge is 0.0154 e. The SMILES string of the molecule is CC=CCSC=CCS. The van der Waals surface area contributed by atoms with E-state index >= 15 is 0 Å². The van der Waals surface area contributed by atoms with Crippen molar-refractivity contribution in [2.24, 2.45) is 0 Å². The first-order valence-electron chi connectivity index (χ1n) is 2.90. The number of hydrogen-bond acceptors (Lipinski definition) is 2. The van der Waals surface area contributed by atoms with Crippen LogP contribution in [0, 0.1) is 0 Å². The van der Waals surface area contributed by atoms with E-state index in [0.717, 1.165) is 11.5 Å². The highest BCUT2D eigenvalue weighted by Crippen LogP contribution is 2.01. The van der Waals surface area contributed by atoms with Gasteiger partial charge in [0.15, 0.2) is 0 Å². The van der Waals surface area contributed by atoms with E-state index in [1.807, 2.05) is 13.0 Å². The lowest BCUT2D eigenvalue weighted by Crippen LogP contribution is -1.63. The van der Waals surface area contributed by atoms with Crippen molar-refractivity contribution in [3.8, 4) is 0 Å². The third-order valence-corrected chi connectivity index (χ3v) is 1.71. The number of thioether (sulfide) groups is 1. The number of thiol groups is 1. The molecule has 2 heteroatoms. The first kappa shape index (κ1) is 9.18. The fourth-order valence-electron chi connectivity index (χ4n) is 0.318. The van der Waals surface area contributed by atoms with E-state index in [1.165, 1.54) is 0 Å². The normalized spacial score (nSPS) is 11.8. The van der Waals surface area contributed by atoms with Gasteiger partial charge in [0.25, 0.3) is 0 Å². The average molecular weight is 160 g/mol. The Morgan fingerprint density at radius 1 is 1.44 bits per heavy atom. The van der Waals surface area contributed by atoms with Crippen LogP contribution < -0.4 is 0 Å². The Labute approximate surface area is 66.8 Å². The molecule has 0 heterocycles. The van der Waals surface area contributed by atoms with Crippen molar-refractivity contribution in [3.05, 3.63) is 23.6 Å². The minimum Gasteiger partial charge on any atom is -0.175 e. The summed E-state index contributed by atoms with van der Waals surface area (Å²) in [5, 5.41) is 2.08. The summed E-state index contributed by atoms with van der Waals surface area (Å²) >= 11 is 5.81. The molecule has 0 fully saturated rings. The van der Waals surface area contributed by atoms with Gasteiger partial charge in [-0.15, -0.1) is 11.8 Å². The predicted octanol–water partition coefficient (Wildman–Crippen LogP) is 2.74. The molecule has 0 atom stereocenters. The van der Waals surface area contributed by atoms with Gasteiger partial charge in [0, 0.05) is 11.5 Å². The Balaban J connectivity index is 2.99. The van der Waals surface area contributed by atoms with Crippen molar-refractivity contribution in [1.82, 2.24) is 0 Å². The molecule has 0 rings (SSSR count). The highest BCUT2D eigenvalue weighted by atomic mass is 32.2. The second-order valence-electron chi connectivity index (χ2n) is 1.46. The van der Waals surface area contributed by atoms with E-state index in [-0.39, 0.29) is 0 Å². The minimum atomic E-state index is 0.836. The van der Waals surface area contributed by atoms with Crippen LogP contribution in [0.15, 0.2) is 23.6 Å². The highest BCUT2D eigenvalue weighted by Gasteiger charge is 1.72. The molecule has 0 aromatic carbocycles. The van der Waals surface area contributed by atoms with Gasteiger partial charge in [0.2, 0.25) is 0 Å². The van der Waals surface area contributed by atoms with E-state index in [2.05, 4.69) is 30.2 Å². The van der Waals surface area contributed by atoms with Crippen LogP contribution in [-0.2, 0) is 0 Å². The molecule has 52 valence electrons. The molecule has 0 aliphatic rings. The van der Waals surface area contributed by atoms with Crippen LogP contribution >= 0.6 is 24.4 Å². The molecule has 0 bridgehead atoms. The van der Waals surface area contributed by atoms with Crippen LogP contribution in [-0.4, -0.2) is 11.5 Å². The van der Waals surface area contributed by atoms with Gasteiger partial charge >= 0.3 is 0 Å². The van der Waals surface area contributed by atoms with Gasteiger partial charge < -0.3 is 0 Å². The zero-order chi connectivity index (χ0) is 6.95. The van der Waals surface area contributed by atoms with Gasteiger partial charge in [-0.25, -0.2) is 0 Å². The van der Waals surface area contributed by atoms with E-state index in [4.69, 9.17) is 0 Å². The zero-order valence-corrected chi connectivity index (χ0v) is 7.29. The molecular formula is C7H12S2. The standard InChI is InChI=1S/C7H12S2/c1-2-3-6-9-7-4-5-8/h2-4,7-8H,5-6H2,1H3. The van der Waals surface area contributed by atoms with E-state index in [0.29, 0.717) is 0 Å². The van der Waals surface area contributed by atoms with Crippen molar-refractivity contribution in [2.75, 3.05) is 11.5 Å². The quantitative estimate of drug-likeness (QED) is 0.375. The maximum Gasteiger partial charge on any atom is 0.0154 e. The monoisotopic (exact) mass is 160 g/mol. The molecule has 0 N–H and O–H groups in total. The molecule has 0 aliphatic carbocycles.